The number of aromatic nitrogens is 1. The molecule has 0 fully saturated rings. The van der Waals surface area contributed by atoms with Crippen LogP contribution in [0.3, 0.4) is 0 Å². The van der Waals surface area contributed by atoms with Gasteiger partial charge in [0.15, 0.2) is 0 Å². The number of pyridine rings is 1. The monoisotopic (exact) mass is 329 g/mol. The summed E-state index contributed by atoms with van der Waals surface area (Å²) < 4.78 is 10.8. The topological polar surface area (TPSA) is 48.4 Å². The molecule has 122 valence electrons. The van der Waals surface area contributed by atoms with Crippen molar-refractivity contribution in [2.45, 2.75) is 0 Å². The van der Waals surface area contributed by atoms with Crippen molar-refractivity contribution < 1.29 is 14.3 Å². The van der Waals surface area contributed by atoms with Crippen molar-refractivity contribution in [3.8, 4) is 11.5 Å². The van der Waals surface area contributed by atoms with E-state index in [1.807, 2.05) is 60.7 Å². The first-order chi connectivity index (χ1) is 12.2. The number of carbonyl (C=O) groups is 1. The maximum Gasteiger partial charge on any atom is 0.362 e. The van der Waals surface area contributed by atoms with Gasteiger partial charge in [0.05, 0.1) is 12.6 Å². The largest absolute Gasteiger partial charge is 0.497 e. The maximum atomic E-state index is 12.5. The molecule has 0 aliphatic rings. The Labute approximate surface area is 144 Å². The van der Waals surface area contributed by atoms with E-state index in [9.17, 15) is 4.79 Å². The Kier molecular flexibility index (Phi) is 3.78. The Morgan fingerprint density at radius 2 is 1.72 bits per heavy atom. The van der Waals surface area contributed by atoms with Gasteiger partial charge in [0.25, 0.3) is 0 Å². The number of rotatable bonds is 3. The zero-order valence-corrected chi connectivity index (χ0v) is 13.6. The van der Waals surface area contributed by atoms with E-state index in [0.717, 1.165) is 21.9 Å². The highest BCUT2D eigenvalue weighted by Crippen LogP contribution is 2.26. The quantitative estimate of drug-likeness (QED) is 0.406. The lowest BCUT2D eigenvalue weighted by atomic mass is 10.1. The van der Waals surface area contributed by atoms with Gasteiger partial charge in [-0.1, -0.05) is 42.5 Å². The van der Waals surface area contributed by atoms with Crippen molar-refractivity contribution in [3.63, 3.8) is 0 Å². The number of hydrogen-bond donors (Lipinski definition) is 0. The van der Waals surface area contributed by atoms with Crippen LogP contribution in [0.1, 0.15) is 10.5 Å². The third kappa shape index (κ3) is 2.90. The van der Waals surface area contributed by atoms with E-state index in [2.05, 4.69) is 4.98 Å². The lowest BCUT2D eigenvalue weighted by molar-refractivity contribution is 0.0731. The fourth-order valence-corrected chi connectivity index (χ4v) is 2.78. The average molecular weight is 329 g/mol. The predicted octanol–water partition coefficient (Wildman–Crippen LogP) is 4.62. The first-order valence-corrected chi connectivity index (χ1v) is 7.89. The number of benzene rings is 3. The van der Waals surface area contributed by atoms with Gasteiger partial charge in [0.1, 0.15) is 17.2 Å². The zero-order valence-electron chi connectivity index (χ0n) is 13.6. The minimum atomic E-state index is -0.478. The Bertz CT molecular complexity index is 1080. The van der Waals surface area contributed by atoms with Crippen LogP contribution in [0.4, 0.5) is 0 Å². The summed E-state index contributed by atoms with van der Waals surface area (Å²) in [5.41, 5.74) is 0.985. The second kappa shape index (κ2) is 6.24. The van der Waals surface area contributed by atoms with Gasteiger partial charge in [0.2, 0.25) is 0 Å². The number of nitrogens with zero attached hydrogens (tertiary/aromatic N) is 1. The molecule has 0 spiro atoms. The van der Waals surface area contributed by atoms with Gasteiger partial charge in [-0.3, -0.25) is 0 Å². The normalized spacial score (nSPS) is 10.8. The van der Waals surface area contributed by atoms with Crippen molar-refractivity contribution in [1.29, 1.82) is 0 Å². The Hall–Kier alpha value is -3.40. The third-order valence-corrected chi connectivity index (χ3v) is 4.06. The molecule has 4 heteroatoms. The van der Waals surface area contributed by atoms with Gasteiger partial charge in [0, 0.05) is 10.8 Å². The summed E-state index contributed by atoms with van der Waals surface area (Å²) in [5.74, 6) is 0.800. The molecule has 0 saturated carbocycles. The highest BCUT2D eigenvalue weighted by Gasteiger charge is 2.13. The van der Waals surface area contributed by atoms with Crippen molar-refractivity contribution in [2.75, 3.05) is 7.11 Å². The van der Waals surface area contributed by atoms with Gasteiger partial charge >= 0.3 is 5.97 Å². The highest BCUT2D eigenvalue weighted by atomic mass is 16.5. The molecule has 4 nitrogen and oxygen atoms in total. The van der Waals surface area contributed by atoms with E-state index in [1.54, 1.807) is 19.2 Å². The number of hydrogen-bond acceptors (Lipinski definition) is 4. The molecule has 0 atom stereocenters. The van der Waals surface area contributed by atoms with Crippen LogP contribution in [0.25, 0.3) is 21.7 Å². The van der Waals surface area contributed by atoms with E-state index >= 15 is 0 Å². The fourth-order valence-electron chi connectivity index (χ4n) is 2.78. The van der Waals surface area contributed by atoms with Crippen LogP contribution in [0, 0.1) is 0 Å². The van der Waals surface area contributed by atoms with Crippen LogP contribution < -0.4 is 9.47 Å². The van der Waals surface area contributed by atoms with Crippen LogP contribution in [-0.2, 0) is 0 Å². The molecule has 0 aliphatic carbocycles. The molecule has 3 aromatic carbocycles. The van der Waals surface area contributed by atoms with Crippen molar-refractivity contribution in [2.24, 2.45) is 0 Å². The summed E-state index contributed by atoms with van der Waals surface area (Å²) >= 11 is 0. The Morgan fingerprint density at radius 1 is 0.880 bits per heavy atom. The van der Waals surface area contributed by atoms with Gasteiger partial charge in [-0.05, 0) is 35.7 Å². The molecule has 0 saturated heterocycles. The van der Waals surface area contributed by atoms with Gasteiger partial charge in [-0.15, -0.1) is 0 Å². The molecule has 0 bridgehead atoms. The molecule has 25 heavy (non-hydrogen) atoms. The number of ether oxygens (including phenoxy) is 2. The summed E-state index contributed by atoms with van der Waals surface area (Å²) in [6, 6.07) is 22.4. The lowest BCUT2D eigenvalue weighted by Gasteiger charge is -2.08. The fraction of sp³-hybridized carbons (Fsp3) is 0.0476. The van der Waals surface area contributed by atoms with Crippen LogP contribution in [0.15, 0.2) is 72.8 Å². The molecule has 0 unspecified atom stereocenters. The van der Waals surface area contributed by atoms with Crippen molar-refractivity contribution >= 4 is 27.6 Å². The minimum absolute atomic E-state index is 0.269. The van der Waals surface area contributed by atoms with Crippen molar-refractivity contribution in [1.82, 2.24) is 4.98 Å². The molecular formula is C21H15NO3. The van der Waals surface area contributed by atoms with E-state index in [4.69, 9.17) is 9.47 Å². The molecule has 0 N–H and O–H groups in total. The average Bonchev–Trinajstić information content (AvgIpc) is 2.67. The number of carbonyl (C=O) groups excluding carboxylic acids is 1. The molecular weight excluding hydrogens is 314 g/mol. The third-order valence-electron chi connectivity index (χ3n) is 4.06. The number of fused-ring (bicyclic) bond motifs is 2. The van der Waals surface area contributed by atoms with Crippen molar-refractivity contribution in [3.05, 3.63) is 78.5 Å². The molecule has 4 aromatic rings. The predicted molar refractivity (Wildman–Crippen MR) is 97.2 cm³/mol. The number of esters is 1. The Balaban J connectivity index is 1.67. The zero-order chi connectivity index (χ0) is 17.2. The standard InChI is InChI=1S/C21H15NO3/c1-24-16-10-12-18-15(13-16)9-11-19(22-18)21(23)25-20-8-4-6-14-5-2-3-7-17(14)20/h2-13H,1H3. The molecule has 0 amide bonds. The molecule has 1 heterocycles. The van der Waals surface area contributed by atoms with Crippen LogP contribution >= 0.6 is 0 Å². The lowest BCUT2D eigenvalue weighted by Crippen LogP contribution is -2.10. The van der Waals surface area contributed by atoms with Gasteiger partial charge in [-0.25, -0.2) is 9.78 Å². The van der Waals surface area contributed by atoms with Crippen LogP contribution in [-0.4, -0.2) is 18.1 Å². The summed E-state index contributed by atoms with van der Waals surface area (Å²) in [4.78, 5) is 16.9. The van der Waals surface area contributed by atoms with E-state index in [1.165, 1.54) is 0 Å². The smallest absolute Gasteiger partial charge is 0.362 e. The highest BCUT2D eigenvalue weighted by molar-refractivity contribution is 5.96. The van der Waals surface area contributed by atoms with Gasteiger partial charge in [-0.2, -0.15) is 0 Å². The van der Waals surface area contributed by atoms with E-state index in [-0.39, 0.29) is 5.69 Å². The second-order valence-electron chi connectivity index (χ2n) is 5.62. The minimum Gasteiger partial charge on any atom is -0.497 e. The SMILES string of the molecule is COc1ccc2nc(C(=O)Oc3cccc4ccccc34)ccc2c1. The number of methoxy groups -OCH3 is 1. The Morgan fingerprint density at radius 3 is 2.60 bits per heavy atom. The summed E-state index contributed by atoms with van der Waals surface area (Å²) in [7, 11) is 1.62. The molecule has 4 rings (SSSR count). The summed E-state index contributed by atoms with van der Waals surface area (Å²) in [6.07, 6.45) is 0. The maximum absolute atomic E-state index is 12.5. The van der Waals surface area contributed by atoms with Crippen LogP contribution in [0.2, 0.25) is 0 Å². The first kappa shape index (κ1) is 15.1. The summed E-state index contributed by atoms with van der Waals surface area (Å²) in [5, 5.41) is 2.82. The van der Waals surface area contributed by atoms with E-state index < -0.39 is 5.97 Å². The molecule has 0 radical (unpaired) electrons. The molecule has 1 aromatic heterocycles. The second-order valence-corrected chi connectivity index (χ2v) is 5.62. The molecule has 0 aliphatic heterocycles. The van der Waals surface area contributed by atoms with Gasteiger partial charge < -0.3 is 9.47 Å². The van der Waals surface area contributed by atoms with Crippen LogP contribution in [0.5, 0.6) is 11.5 Å². The van der Waals surface area contributed by atoms with E-state index in [0.29, 0.717) is 11.3 Å². The first-order valence-electron chi connectivity index (χ1n) is 7.89. The summed E-state index contributed by atoms with van der Waals surface area (Å²) in [6.45, 7) is 0.